The summed E-state index contributed by atoms with van der Waals surface area (Å²) in [5.41, 5.74) is 0.582. The van der Waals surface area contributed by atoms with Crippen LogP contribution in [0.5, 0.6) is 0 Å². The van der Waals surface area contributed by atoms with Gasteiger partial charge in [0.25, 0.3) is 5.91 Å². The molecular formula is C14H19N5OS. The summed E-state index contributed by atoms with van der Waals surface area (Å²) in [6.45, 7) is 4.77. The van der Waals surface area contributed by atoms with Gasteiger partial charge in [0, 0.05) is 12.7 Å². The van der Waals surface area contributed by atoms with Gasteiger partial charge in [-0.05, 0) is 31.7 Å². The van der Waals surface area contributed by atoms with Crippen molar-refractivity contribution in [2.24, 2.45) is 0 Å². The van der Waals surface area contributed by atoms with Crippen molar-refractivity contribution in [3.63, 3.8) is 0 Å². The minimum Gasteiger partial charge on any atom is -0.342 e. The molecule has 0 aliphatic rings. The largest absolute Gasteiger partial charge is 0.342 e. The number of pyridine rings is 1. The second-order valence-electron chi connectivity index (χ2n) is 4.60. The highest BCUT2D eigenvalue weighted by Gasteiger charge is 2.18. The van der Waals surface area contributed by atoms with Crippen molar-refractivity contribution in [1.29, 1.82) is 0 Å². The third-order valence-corrected chi connectivity index (χ3v) is 3.74. The molecule has 0 spiro atoms. The molecule has 0 saturated heterocycles. The van der Waals surface area contributed by atoms with Crippen molar-refractivity contribution >= 4 is 17.7 Å². The normalized spacial score (nSPS) is 12.1. The lowest BCUT2D eigenvalue weighted by Gasteiger charge is -2.15. The molecule has 112 valence electrons. The van der Waals surface area contributed by atoms with E-state index in [0.717, 1.165) is 23.8 Å². The summed E-state index contributed by atoms with van der Waals surface area (Å²) in [5, 5.41) is 7.85. The van der Waals surface area contributed by atoms with Gasteiger partial charge in [0.1, 0.15) is 17.2 Å². The van der Waals surface area contributed by atoms with Crippen molar-refractivity contribution in [2.45, 2.75) is 37.9 Å². The summed E-state index contributed by atoms with van der Waals surface area (Å²) >= 11 is 1.45. The maximum Gasteiger partial charge on any atom is 0.254 e. The van der Waals surface area contributed by atoms with Crippen LogP contribution in [0.2, 0.25) is 0 Å². The Labute approximate surface area is 128 Å². The van der Waals surface area contributed by atoms with Crippen LogP contribution < -0.4 is 5.32 Å². The Morgan fingerprint density at radius 1 is 1.48 bits per heavy atom. The number of hydrogen-bond donors (Lipinski definition) is 1. The zero-order chi connectivity index (χ0) is 15.2. The van der Waals surface area contributed by atoms with Gasteiger partial charge >= 0.3 is 0 Å². The van der Waals surface area contributed by atoms with E-state index in [2.05, 4.69) is 27.3 Å². The number of carbonyl (C=O) groups excluding carboxylic acids is 1. The number of carbonyl (C=O) groups is 1. The van der Waals surface area contributed by atoms with Crippen LogP contribution in [0.1, 0.15) is 42.5 Å². The van der Waals surface area contributed by atoms with Gasteiger partial charge in [0.2, 0.25) is 0 Å². The lowest BCUT2D eigenvalue weighted by atomic mass is 10.2. The molecule has 1 unspecified atom stereocenters. The van der Waals surface area contributed by atoms with E-state index in [-0.39, 0.29) is 11.9 Å². The smallest absolute Gasteiger partial charge is 0.254 e. The molecule has 0 aliphatic carbocycles. The summed E-state index contributed by atoms with van der Waals surface area (Å²) in [7, 11) is 0. The quantitative estimate of drug-likeness (QED) is 0.829. The van der Waals surface area contributed by atoms with Gasteiger partial charge < -0.3 is 5.32 Å². The minimum atomic E-state index is -0.207. The number of nitrogens with zero attached hydrogens (tertiary/aromatic N) is 4. The van der Waals surface area contributed by atoms with Gasteiger partial charge in [-0.25, -0.2) is 14.6 Å². The average Bonchev–Trinajstić information content (AvgIpc) is 2.96. The molecule has 0 radical (unpaired) electrons. The number of aromatic nitrogens is 4. The summed E-state index contributed by atoms with van der Waals surface area (Å²) in [6, 6.07) is 3.33. The molecule has 1 atom stereocenters. The third kappa shape index (κ3) is 3.60. The van der Waals surface area contributed by atoms with Crippen LogP contribution in [0.4, 0.5) is 0 Å². The molecule has 0 fully saturated rings. The molecule has 2 heterocycles. The fourth-order valence-corrected chi connectivity index (χ4v) is 2.60. The number of amides is 1. The summed E-state index contributed by atoms with van der Waals surface area (Å²) in [5.74, 6) is 0.616. The molecule has 1 N–H and O–H groups in total. The molecule has 2 rings (SSSR count). The van der Waals surface area contributed by atoms with Crippen molar-refractivity contribution in [3.8, 4) is 0 Å². The lowest BCUT2D eigenvalue weighted by molar-refractivity contribution is 0.0933. The van der Waals surface area contributed by atoms with E-state index in [1.807, 2.05) is 17.9 Å². The van der Waals surface area contributed by atoms with Crippen LogP contribution in [0.25, 0.3) is 0 Å². The van der Waals surface area contributed by atoms with E-state index >= 15 is 0 Å². The summed E-state index contributed by atoms with van der Waals surface area (Å²) in [6.07, 6.45) is 6.08. The molecule has 1 amide bonds. The second-order valence-corrected chi connectivity index (χ2v) is 5.39. The van der Waals surface area contributed by atoms with E-state index < -0.39 is 0 Å². The molecule has 0 bridgehead atoms. The summed E-state index contributed by atoms with van der Waals surface area (Å²) < 4.78 is 1.82. The lowest BCUT2D eigenvalue weighted by Crippen LogP contribution is -2.29. The van der Waals surface area contributed by atoms with Crippen LogP contribution in [0, 0.1) is 0 Å². The standard InChI is InChI=1S/C14H19N5OS/c1-4-8-19-12(16-9-17-19)10(2)18-13(20)11-6-5-7-15-14(11)21-3/h5-7,9-10H,4,8H2,1-3H3,(H,18,20). The van der Waals surface area contributed by atoms with Gasteiger partial charge in [-0.2, -0.15) is 5.10 Å². The van der Waals surface area contributed by atoms with Gasteiger partial charge in [0.15, 0.2) is 0 Å². The Hall–Kier alpha value is -1.89. The van der Waals surface area contributed by atoms with Crippen LogP contribution in [-0.2, 0) is 6.54 Å². The van der Waals surface area contributed by atoms with Crippen molar-refractivity contribution in [1.82, 2.24) is 25.1 Å². The van der Waals surface area contributed by atoms with Crippen molar-refractivity contribution < 1.29 is 4.79 Å². The number of thioether (sulfide) groups is 1. The average molecular weight is 305 g/mol. The fraction of sp³-hybridized carbons (Fsp3) is 0.429. The molecule has 7 heteroatoms. The highest BCUT2D eigenvalue weighted by atomic mass is 32.2. The predicted octanol–water partition coefficient (Wildman–Crippen LogP) is 2.30. The molecule has 0 aliphatic heterocycles. The fourth-order valence-electron chi connectivity index (χ4n) is 2.06. The minimum absolute atomic E-state index is 0.147. The van der Waals surface area contributed by atoms with E-state index in [4.69, 9.17) is 0 Å². The highest BCUT2D eigenvalue weighted by Crippen LogP contribution is 2.18. The number of rotatable bonds is 6. The van der Waals surface area contributed by atoms with E-state index in [1.54, 1.807) is 18.3 Å². The van der Waals surface area contributed by atoms with E-state index in [1.165, 1.54) is 18.1 Å². The second kappa shape index (κ2) is 7.21. The van der Waals surface area contributed by atoms with E-state index in [0.29, 0.717) is 5.56 Å². The molecule has 6 nitrogen and oxygen atoms in total. The monoisotopic (exact) mass is 305 g/mol. The predicted molar refractivity (Wildman–Crippen MR) is 82.2 cm³/mol. The van der Waals surface area contributed by atoms with Crippen LogP contribution >= 0.6 is 11.8 Å². The van der Waals surface area contributed by atoms with Gasteiger partial charge in [-0.3, -0.25) is 4.79 Å². The number of nitrogens with one attached hydrogen (secondary N) is 1. The molecule has 2 aromatic heterocycles. The molecule has 2 aromatic rings. The zero-order valence-corrected chi connectivity index (χ0v) is 13.2. The first-order valence-corrected chi connectivity index (χ1v) is 8.07. The van der Waals surface area contributed by atoms with Crippen molar-refractivity contribution in [3.05, 3.63) is 36.0 Å². The Balaban J connectivity index is 2.13. The molecular weight excluding hydrogens is 286 g/mol. The Bertz CT molecular complexity index is 613. The topological polar surface area (TPSA) is 72.7 Å². The molecule has 0 saturated carbocycles. The number of aryl methyl sites for hydroxylation is 1. The van der Waals surface area contributed by atoms with Gasteiger partial charge in [-0.1, -0.05) is 6.92 Å². The van der Waals surface area contributed by atoms with Crippen LogP contribution in [-0.4, -0.2) is 31.9 Å². The third-order valence-electron chi connectivity index (χ3n) is 3.02. The van der Waals surface area contributed by atoms with Crippen molar-refractivity contribution in [2.75, 3.05) is 6.26 Å². The SMILES string of the molecule is CCCn1ncnc1C(C)NC(=O)c1cccnc1SC. The Morgan fingerprint density at radius 3 is 3.00 bits per heavy atom. The van der Waals surface area contributed by atoms with E-state index in [9.17, 15) is 4.79 Å². The maximum absolute atomic E-state index is 12.4. The first kappa shape index (κ1) is 15.5. The highest BCUT2D eigenvalue weighted by molar-refractivity contribution is 7.98. The number of hydrogen-bond acceptors (Lipinski definition) is 5. The van der Waals surface area contributed by atoms with Gasteiger partial charge in [-0.15, -0.1) is 11.8 Å². The Kier molecular flexibility index (Phi) is 5.32. The first-order chi connectivity index (χ1) is 10.2. The zero-order valence-electron chi connectivity index (χ0n) is 12.4. The van der Waals surface area contributed by atoms with Crippen LogP contribution in [0.3, 0.4) is 0 Å². The Morgan fingerprint density at radius 2 is 2.29 bits per heavy atom. The van der Waals surface area contributed by atoms with Crippen LogP contribution in [0.15, 0.2) is 29.7 Å². The first-order valence-electron chi connectivity index (χ1n) is 6.85. The maximum atomic E-state index is 12.4. The summed E-state index contributed by atoms with van der Waals surface area (Å²) in [4.78, 5) is 20.8. The van der Waals surface area contributed by atoms with Gasteiger partial charge in [0.05, 0.1) is 11.6 Å². The molecule has 0 aromatic carbocycles. The molecule has 21 heavy (non-hydrogen) atoms.